The van der Waals surface area contributed by atoms with Crippen molar-refractivity contribution < 1.29 is 13.0 Å². The molecule has 100 valence electrons. The molecule has 0 fully saturated rings. The predicted octanol–water partition coefficient (Wildman–Crippen LogP) is 2.76. The van der Waals surface area contributed by atoms with Crippen LogP contribution in [0.25, 0.3) is 0 Å². The summed E-state index contributed by atoms with van der Waals surface area (Å²) in [6.45, 7) is 6.56. The van der Waals surface area contributed by atoms with E-state index in [2.05, 4.69) is 5.32 Å². The molecule has 0 bridgehead atoms. The fourth-order valence-electron chi connectivity index (χ4n) is 2.43. The van der Waals surface area contributed by atoms with E-state index >= 15 is 0 Å². The van der Waals surface area contributed by atoms with E-state index < -0.39 is 22.4 Å². The molecule has 1 N–H and O–H groups in total. The van der Waals surface area contributed by atoms with Crippen LogP contribution in [0.5, 0.6) is 0 Å². The van der Waals surface area contributed by atoms with Gasteiger partial charge in [0.25, 0.3) is 0 Å². The lowest BCUT2D eigenvalue weighted by molar-refractivity contribution is 0.369. The minimum Gasteiger partial charge on any atom is -0.310 e. The van der Waals surface area contributed by atoms with Crippen molar-refractivity contribution in [1.82, 2.24) is 5.32 Å². The summed E-state index contributed by atoms with van der Waals surface area (Å²) in [5.74, 6) is -1.70. The average molecular weight is 273 g/mol. The van der Waals surface area contributed by atoms with E-state index in [0.717, 1.165) is 12.6 Å². The van der Waals surface area contributed by atoms with Gasteiger partial charge in [-0.3, -0.25) is 4.21 Å². The molecular weight excluding hydrogens is 256 g/mol. The fraction of sp³-hybridized carbons (Fsp3) is 0.538. The molecule has 2 rings (SSSR count). The zero-order valence-corrected chi connectivity index (χ0v) is 11.5. The highest BCUT2D eigenvalue weighted by Crippen LogP contribution is 2.38. The third-order valence-electron chi connectivity index (χ3n) is 3.63. The van der Waals surface area contributed by atoms with Crippen molar-refractivity contribution in [2.24, 2.45) is 5.92 Å². The maximum Gasteiger partial charge on any atom is 0.160 e. The third-order valence-corrected chi connectivity index (χ3v) is 5.52. The second-order valence-corrected chi connectivity index (χ2v) is 6.48. The van der Waals surface area contributed by atoms with Crippen molar-refractivity contribution in [2.45, 2.75) is 37.0 Å². The van der Waals surface area contributed by atoms with Crippen molar-refractivity contribution in [3.8, 4) is 0 Å². The summed E-state index contributed by atoms with van der Waals surface area (Å²) in [5, 5.41) is 3.19. The van der Waals surface area contributed by atoms with Crippen LogP contribution in [0.1, 0.15) is 32.4 Å². The van der Waals surface area contributed by atoms with Gasteiger partial charge < -0.3 is 5.32 Å². The Balaban J connectivity index is 2.58. The molecule has 0 spiro atoms. The lowest BCUT2D eigenvalue weighted by Crippen LogP contribution is -2.39. The van der Waals surface area contributed by atoms with Crippen LogP contribution < -0.4 is 5.32 Å². The molecule has 0 saturated carbocycles. The largest absolute Gasteiger partial charge is 0.310 e. The van der Waals surface area contributed by atoms with Gasteiger partial charge in [0.2, 0.25) is 0 Å². The number of rotatable bonds is 2. The van der Waals surface area contributed by atoms with Crippen LogP contribution in [0.2, 0.25) is 0 Å². The summed E-state index contributed by atoms with van der Waals surface area (Å²) in [6.07, 6.45) is 0. The molecule has 4 unspecified atom stereocenters. The van der Waals surface area contributed by atoms with Gasteiger partial charge in [-0.25, -0.2) is 8.78 Å². The van der Waals surface area contributed by atoms with Crippen molar-refractivity contribution in [2.75, 3.05) is 6.54 Å². The first-order valence-electron chi connectivity index (χ1n) is 6.10. The second-order valence-electron chi connectivity index (χ2n) is 4.70. The molecule has 1 aromatic carbocycles. The number of nitrogens with one attached hydrogen (secondary N) is 1. The number of fused-ring (bicyclic) bond motifs is 1. The Morgan fingerprint density at radius 1 is 1.28 bits per heavy atom. The Labute approximate surface area is 108 Å². The van der Waals surface area contributed by atoms with Crippen LogP contribution in [-0.4, -0.2) is 16.0 Å². The Morgan fingerprint density at radius 3 is 2.50 bits per heavy atom. The Hall–Kier alpha value is -0.810. The zero-order chi connectivity index (χ0) is 13.4. The highest BCUT2D eigenvalue weighted by atomic mass is 32.2. The number of halogens is 2. The molecule has 0 saturated heterocycles. The normalized spacial score (nSPS) is 31.2. The van der Waals surface area contributed by atoms with E-state index in [9.17, 15) is 13.0 Å². The maximum absolute atomic E-state index is 13.4. The van der Waals surface area contributed by atoms with Crippen molar-refractivity contribution >= 4 is 10.8 Å². The molecule has 2 nitrogen and oxygen atoms in total. The Morgan fingerprint density at radius 2 is 1.89 bits per heavy atom. The predicted molar refractivity (Wildman–Crippen MR) is 67.8 cm³/mol. The van der Waals surface area contributed by atoms with Crippen LogP contribution in [-0.2, 0) is 10.8 Å². The molecule has 1 aromatic rings. The lowest BCUT2D eigenvalue weighted by Gasteiger charge is -2.35. The molecule has 0 amide bonds. The second kappa shape index (κ2) is 5.05. The summed E-state index contributed by atoms with van der Waals surface area (Å²) in [5.41, 5.74) is 0.625. The van der Waals surface area contributed by atoms with Gasteiger partial charge in [-0.2, -0.15) is 0 Å². The molecule has 18 heavy (non-hydrogen) atoms. The minimum atomic E-state index is -1.28. The summed E-state index contributed by atoms with van der Waals surface area (Å²) < 4.78 is 38.9. The SMILES string of the molecule is CCNC1c2cc(F)c(F)cc2S(=O)C(C)C1C. The third kappa shape index (κ3) is 2.10. The van der Waals surface area contributed by atoms with Crippen LogP contribution in [0.4, 0.5) is 8.78 Å². The first kappa shape index (κ1) is 13.6. The van der Waals surface area contributed by atoms with E-state index in [1.165, 1.54) is 6.07 Å². The summed E-state index contributed by atoms with van der Waals surface area (Å²) in [7, 11) is -1.28. The molecule has 5 heteroatoms. The van der Waals surface area contributed by atoms with Gasteiger partial charge in [0.1, 0.15) is 0 Å². The van der Waals surface area contributed by atoms with E-state index in [1.54, 1.807) is 0 Å². The molecule has 1 heterocycles. The number of hydrogen-bond acceptors (Lipinski definition) is 2. The van der Waals surface area contributed by atoms with Crippen LogP contribution >= 0.6 is 0 Å². The van der Waals surface area contributed by atoms with E-state index in [4.69, 9.17) is 0 Å². The monoisotopic (exact) mass is 273 g/mol. The number of benzene rings is 1. The molecule has 0 radical (unpaired) electrons. The van der Waals surface area contributed by atoms with Gasteiger partial charge in [0.05, 0.1) is 10.8 Å². The van der Waals surface area contributed by atoms with Gasteiger partial charge in [0, 0.05) is 16.2 Å². The standard InChI is InChI=1S/C13H17F2NOS/c1-4-16-13-7(2)8(3)18(17)12-6-11(15)10(14)5-9(12)13/h5-8,13,16H,4H2,1-3H3. The van der Waals surface area contributed by atoms with Crippen molar-refractivity contribution in [1.29, 1.82) is 0 Å². The van der Waals surface area contributed by atoms with E-state index in [1.807, 2.05) is 20.8 Å². The Kier molecular flexibility index (Phi) is 3.82. The zero-order valence-electron chi connectivity index (χ0n) is 10.7. The van der Waals surface area contributed by atoms with E-state index in [-0.39, 0.29) is 17.2 Å². The fourth-order valence-corrected chi connectivity index (χ4v) is 4.01. The lowest BCUT2D eigenvalue weighted by atomic mass is 9.91. The quantitative estimate of drug-likeness (QED) is 0.897. The first-order valence-corrected chi connectivity index (χ1v) is 7.31. The smallest absolute Gasteiger partial charge is 0.160 e. The van der Waals surface area contributed by atoms with Gasteiger partial charge in [-0.05, 0) is 30.2 Å². The Bertz CT molecular complexity index is 492. The van der Waals surface area contributed by atoms with E-state index in [0.29, 0.717) is 10.5 Å². The summed E-state index contributed by atoms with van der Waals surface area (Å²) >= 11 is 0. The van der Waals surface area contributed by atoms with Crippen molar-refractivity contribution in [3.63, 3.8) is 0 Å². The molecule has 0 aromatic heterocycles. The topological polar surface area (TPSA) is 29.1 Å². The first-order chi connectivity index (χ1) is 8.47. The molecule has 4 atom stereocenters. The average Bonchev–Trinajstić information content (AvgIpc) is 2.35. The van der Waals surface area contributed by atoms with Crippen LogP contribution in [0.3, 0.4) is 0 Å². The van der Waals surface area contributed by atoms with Gasteiger partial charge in [-0.1, -0.05) is 20.8 Å². The highest BCUT2D eigenvalue weighted by Gasteiger charge is 2.36. The molecular formula is C13H17F2NOS. The van der Waals surface area contributed by atoms with Gasteiger partial charge >= 0.3 is 0 Å². The van der Waals surface area contributed by atoms with Crippen LogP contribution in [0.15, 0.2) is 17.0 Å². The van der Waals surface area contributed by atoms with Crippen molar-refractivity contribution in [3.05, 3.63) is 29.3 Å². The molecule has 0 aliphatic carbocycles. The molecule has 1 aliphatic rings. The number of hydrogen-bond donors (Lipinski definition) is 1. The van der Waals surface area contributed by atoms with Gasteiger partial charge in [0.15, 0.2) is 11.6 Å². The maximum atomic E-state index is 13.4. The van der Waals surface area contributed by atoms with Gasteiger partial charge in [-0.15, -0.1) is 0 Å². The minimum absolute atomic E-state index is 0.0761. The highest BCUT2D eigenvalue weighted by molar-refractivity contribution is 7.85. The van der Waals surface area contributed by atoms with Crippen LogP contribution in [0, 0.1) is 17.6 Å². The molecule has 1 aliphatic heterocycles. The summed E-state index contributed by atoms with van der Waals surface area (Å²) in [6, 6.07) is 2.18. The summed E-state index contributed by atoms with van der Waals surface area (Å²) in [4.78, 5) is 0.422.